The van der Waals surface area contributed by atoms with Crippen LogP contribution in [0, 0.1) is 0 Å². The molecule has 0 aliphatic carbocycles. The number of aromatic nitrogens is 4. The summed E-state index contributed by atoms with van der Waals surface area (Å²) in [5, 5.41) is 0. The molecule has 0 spiro atoms. The molecule has 1 saturated heterocycles. The Morgan fingerprint density at radius 1 is 1.19 bits per heavy atom. The number of para-hydroxylation sites is 2. The van der Waals surface area contributed by atoms with Crippen molar-refractivity contribution < 1.29 is 4.79 Å². The number of hydrogen-bond acceptors (Lipinski definition) is 5. The second-order valence-corrected chi connectivity index (χ2v) is 6.45. The molecule has 8 heteroatoms. The van der Waals surface area contributed by atoms with Gasteiger partial charge in [0, 0.05) is 45.6 Å². The summed E-state index contributed by atoms with van der Waals surface area (Å²) in [5.41, 5.74) is 0.767. The summed E-state index contributed by atoms with van der Waals surface area (Å²) in [5.74, 6) is 0.686. The molecule has 1 aliphatic rings. The average molecular weight is 352 g/mol. The topological polar surface area (TPSA) is 87.1 Å². The fourth-order valence-corrected chi connectivity index (χ4v) is 3.18. The summed E-state index contributed by atoms with van der Waals surface area (Å²) < 4.78 is 2.00. The van der Waals surface area contributed by atoms with E-state index in [0.717, 1.165) is 25.5 Å². The number of nitrogens with one attached hydrogen (secondary N) is 1. The minimum Gasteiger partial charge on any atom is -0.337 e. The zero-order valence-corrected chi connectivity index (χ0v) is 14.6. The highest BCUT2D eigenvalue weighted by molar-refractivity contribution is 5.93. The number of nitrogens with zero attached hydrogens (tertiary/aromatic N) is 5. The molecular weight excluding hydrogens is 332 g/mol. The number of hydrogen-bond donors (Lipinski definition) is 1. The lowest BCUT2D eigenvalue weighted by molar-refractivity contribution is 0.0617. The summed E-state index contributed by atoms with van der Waals surface area (Å²) in [7, 11) is 1.97. The second kappa shape index (κ2) is 6.72. The maximum absolute atomic E-state index is 12.8. The van der Waals surface area contributed by atoms with Gasteiger partial charge in [0.25, 0.3) is 11.5 Å². The first kappa shape index (κ1) is 16.5. The zero-order chi connectivity index (χ0) is 18.1. The number of H-pyrrole nitrogens is 1. The highest BCUT2D eigenvalue weighted by Crippen LogP contribution is 2.11. The molecule has 3 heterocycles. The third-order valence-corrected chi connectivity index (χ3v) is 4.75. The van der Waals surface area contributed by atoms with Crippen molar-refractivity contribution in [2.24, 2.45) is 7.05 Å². The van der Waals surface area contributed by atoms with Crippen LogP contribution in [-0.4, -0.2) is 61.4 Å². The van der Waals surface area contributed by atoms with Crippen LogP contribution in [0.1, 0.15) is 16.3 Å². The largest absolute Gasteiger partial charge is 0.337 e. The van der Waals surface area contributed by atoms with Gasteiger partial charge in [-0.25, -0.2) is 9.97 Å². The van der Waals surface area contributed by atoms with Crippen molar-refractivity contribution in [3.63, 3.8) is 0 Å². The molecule has 1 aliphatic heterocycles. The van der Waals surface area contributed by atoms with Crippen molar-refractivity contribution in [1.29, 1.82) is 0 Å². The van der Waals surface area contributed by atoms with E-state index in [4.69, 9.17) is 0 Å². The number of carbonyl (C=O) groups is 1. The molecule has 0 atom stereocenters. The maximum atomic E-state index is 12.8. The van der Waals surface area contributed by atoms with Gasteiger partial charge in [0.05, 0.1) is 17.6 Å². The van der Waals surface area contributed by atoms with Crippen LogP contribution >= 0.6 is 0 Å². The lowest BCUT2D eigenvalue weighted by Crippen LogP contribution is -2.49. The summed E-state index contributed by atoms with van der Waals surface area (Å²) in [4.78, 5) is 40.3. The van der Waals surface area contributed by atoms with Gasteiger partial charge in [-0.1, -0.05) is 12.1 Å². The average Bonchev–Trinajstić information content (AvgIpc) is 3.06. The standard InChI is InChI=1S/C18H20N6O2/c1-22-7-6-19-15(22)12-23-8-10-24(11-9-23)18(26)16-17(25)21-14-5-3-2-4-13(14)20-16/h2-7H,8-12H2,1H3,(H,21,25). The monoisotopic (exact) mass is 352 g/mol. The number of carbonyl (C=O) groups excluding carboxylic acids is 1. The van der Waals surface area contributed by atoms with E-state index >= 15 is 0 Å². The molecule has 1 aromatic carbocycles. The van der Waals surface area contributed by atoms with Gasteiger partial charge >= 0.3 is 0 Å². The van der Waals surface area contributed by atoms with Crippen molar-refractivity contribution >= 4 is 16.9 Å². The molecule has 0 bridgehead atoms. The Labute approximate surface area is 150 Å². The minimum absolute atomic E-state index is 0.0405. The first-order chi connectivity index (χ1) is 12.6. The summed E-state index contributed by atoms with van der Waals surface area (Å²) in [6.07, 6.45) is 3.71. The molecule has 0 radical (unpaired) electrons. The van der Waals surface area contributed by atoms with Crippen LogP contribution in [0.5, 0.6) is 0 Å². The van der Waals surface area contributed by atoms with Gasteiger partial charge < -0.3 is 14.5 Å². The molecular formula is C18H20N6O2. The molecule has 3 aromatic rings. The predicted molar refractivity (Wildman–Crippen MR) is 96.8 cm³/mol. The van der Waals surface area contributed by atoms with Crippen LogP contribution in [0.2, 0.25) is 0 Å². The number of amides is 1. The van der Waals surface area contributed by atoms with E-state index < -0.39 is 5.56 Å². The Morgan fingerprint density at radius 3 is 2.69 bits per heavy atom. The SMILES string of the molecule is Cn1ccnc1CN1CCN(C(=O)c2nc3ccccc3[nH]c2=O)CC1. The number of rotatable bonds is 3. The zero-order valence-electron chi connectivity index (χ0n) is 14.6. The first-order valence-corrected chi connectivity index (χ1v) is 8.59. The number of aryl methyl sites for hydroxylation is 1. The van der Waals surface area contributed by atoms with Crippen molar-refractivity contribution in [3.05, 3.63) is 58.5 Å². The number of imidazole rings is 1. The number of piperazine rings is 1. The van der Waals surface area contributed by atoms with Gasteiger partial charge in [0.15, 0.2) is 5.69 Å². The van der Waals surface area contributed by atoms with E-state index in [1.54, 1.807) is 23.2 Å². The van der Waals surface area contributed by atoms with Crippen molar-refractivity contribution in [3.8, 4) is 0 Å². The molecule has 0 unspecified atom stereocenters. The Kier molecular flexibility index (Phi) is 4.26. The molecule has 2 aromatic heterocycles. The van der Waals surface area contributed by atoms with E-state index in [0.29, 0.717) is 24.1 Å². The van der Waals surface area contributed by atoms with Gasteiger partial charge in [0.2, 0.25) is 0 Å². The van der Waals surface area contributed by atoms with E-state index in [2.05, 4.69) is 19.9 Å². The Bertz CT molecular complexity index is 1000. The summed E-state index contributed by atoms with van der Waals surface area (Å²) >= 11 is 0. The van der Waals surface area contributed by atoms with Crippen molar-refractivity contribution in [2.75, 3.05) is 26.2 Å². The highest BCUT2D eigenvalue weighted by atomic mass is 16.2. The third kappa shape index (κ3) is 3.11. The van der Waals surface area contributed by atoms with Gasteiger partial charge in [-0.2, -0.15) is 0 Å². The van der Waals surface area contributed by atoms with Crippen molar-refractivity contribution in [2.45, 2.75) is 6.54 Å². The van der Waals surface area contributed by atoms with Crippen LogP contribution in [0.25, 0.3) is 11.0 Å². The molecule has 1 fully saturated rings. The van der Waals surface area contributed by atoms with E-state index in [1.165, 1.54) is 0 Å². The lowest BCUT2D eigenvalue weighted by Gasteiger charge is -2.34. The second-order valence-electron chi connectivity index (χ2n) is 6.45. The number of aromatic amines is 1. The minimum atomic E-state index is -0.441. The Balaban J connectivity index is 1.46. The van der Waals surface area contributed by atoms with Crippen LogP contribution < -0.4 is 5.56 Å². The maximum Gasteiger partial charge on any atom is 0.280 e. The van der Waals surface area contributed by atoms with Crippen LogP contribution in [0.3, 0.4) is 0 Å². The smallest absolute Gasteiger partial charge is 0.280 e. The Morgan fingerprint density at radius 2 is 1.96 bits per heavy atom. The van der Waals surface area contributed by atoms with E-state index in [9.17, 15) is 9.59 Å². The van der Waals surface area contributed by atoms with Crippen LogP contribution in [0.15, 0.2) is 41.5 Å². The Hall–Kier alpha value is -3.00. The molecule has 134 valence electrons. The molecule has 4 rings (SSSR count). The van der Waals surface area contributed by atoms with Crippen molar-refractivity contribution in [1.82, 2.24) is 29.3 Å². The summed E-state index contributed by atoms with van der Waals surface area (Å²) in [6, 6.07) is 7.21. The van der Waals surface area contributed by atoms with Gasteiger partial charge in [-0.3, -0.25) is 14.5 Å². The molecule has 1 amide bonds. The van der Waals surface area contributed by atoms with Crippen LogP contribution in [-0.2, 0) is 13.6 Å². The van der Waals surface area contributed by atoms with Gasteiger partial charge in [-0.15, -0.1) is 0 Å². The molecule has 1 N–H and O–H groups in total. The van der Waals surface area contributed by atoms with Crippen LogP contribution in [0.4, 0.5) is 0 Å². The number of fused-ring (bicyclic) bond motifs is 1. The molecule has 26 heavy (non-hydrogen) atoms. The third-order valence-electron chi connectivity index (χ3n) is 4.75. The normalized spacial score (nSPS) is 15.5. The van der Waals surface area contributed by atoms with Gasteiger partial charge in [-0.05, 0) is 12.1 Å². The number of benzene rings is 1. The summed E-state index contributed by atoms with van der Waals surface area (Å²) in [6.45, 7) is 3.36. The van der Waals surface area contributed by atoms with E-state index in [-0.39, 0.29) is 11.6 Å². The fraction of sp³-hybridized carbons (Fsp3) is 0.333. The first-order valence-electron chi connectivity index (χ1n) is 8.59. The fourth-order valence-electron chi connectivity index (χ4n) is 3.18. The molecule has 8 nitrogen and oxygen atoms in total. The van der Waals surface area contributed by atoms with E-state index in [1.807, 2.05) is 29.9 Å². The lowest BCUT2D eigenvalue weighted by atomic mass is 10.2. The van der Waals surface area contributed by atoms with Gasteiger partial charge in [0.1, 0.15) is 5.82 Å². The predicted octanol–water partition coefficient (Wildman–Crippen LogP) is 0.615. The quantitative estimate of drug-likeness (QED) is 0.746. The molecule has 0 saturated carbocycles. The highest BCUT2D eigenvalue weighted by Gasteiger charge is 2.25.